The first-order valence-electron chi connectivity index (χ1n) is 14.6. The van der Waals surface area contributed by atoms with Crippen molar-refractivity contribution in [3.05, 3.63) is 130 Å². The zero-order valence-electron chi connectivity index (χ0n) is 23.9. The van der Waals surface area contributed by atoms with E-state index in [2.05, 4.69) is 97.3 Å². The molecule has 2 amide bonds. The third kappa shape index (κ3) is 6.06. The molecule has 212 valence electrons. The van der Waals surface area contributed by atoms with Crippen LogP contribution in [0.15, 0.2) is 128 Å². The van der Waals surface area contributed by atoms with Crippen molar-refractivity contribution in [2.75, 3.05) is 0 Å². The summed E-state index contributed by atoms with van der Waals surface area (Å²) in [7, 11) is 0. The predicted molar refractivity (Wildman–Crippen MR) is 171 cm³/mol. The number of nitrogens with one attached hydrogen (secondary N) is 2. The van der Waals surface area contributed by atoms with Crippen LogP contribution in [-0.2, 0) is 22.4 Å². The molecule has 0 spiro atoms. The lowest BCUT2D eigenvalue weighted by molar-refractivity contribution is -0.118. The molecule has 2 aliphatic heterocycles. The van der Waals surface area contributed by atoms with E-state index in [0.29, 0.717) is 11.1 Å². The molecular formula is C36H34N2O2S2. The lowest BCUT2D eigenvalue weighted by Gasteiger charge is -2.18. The second-order valence-corrected chi connectivity index (χ2v) is 13.1. The fraction of sp³-hybridized carbons (Fsp3) is 0.222. The van der Waals surface area contributed by atoms with Gasteiger partial charge in [0.05, 0.1) is 23.2 Å². The molecule has 0 saturated heterocycles. The third-order valence-electron chi connectivity index (χ3n) is 7.73. The molecule has 0 saturated carbocycles. The normalized spacial score (nSPS) is 17.8. The Hall–Kier alpha value is -3.74. The van der Waals surface area contributed by atoms with Gasteiger partial charge in [-0.3, -0.25) is 9.59 Å². The average Bonchev–Trinajstić information content (AvgIpc) is 3.54. The van der Waals surface area contributed by atoms with E-state index >= 15 is 0 Å². The Labute approximate surface area is 256 Å². The molecule has 6 rings (SSSR count). The number of rotatable bonds is 10. The van der Waals surface area contributed by atoms with Crippen LogP contribution in [0.1, 0.15) is 61.0 Å². The first kappa shape index (κ1) is 28.4. The Balaban J connectivity index is 1.15. The highest BCUT2D eigenvalue weighted by molar-refractivity contribution is 7.99. The smallest absolute Gasteiger partial charge is 0.250 e. The summed E-state index contributed by atoms with van der Waals surface area (Å²) in [5.41, 5.74) is 5.58. The Morgan fingerprint density at radius 1 is 0.500 bits per heavy atom. The van der Waals surface area contributed by atoms with Crippen molar-refractivity contribution in [1.29, 1.82) is 0 Å². The van der Waals surface area contributed by atoms with Crippen molar-refractivity contribution in [2.45, 2.75) is 71.2 Å². The molecule has 0 aromatic heterocycles. The van der Waals surface area contributed by atoms with Crippen LogP contribution in [-0.4, -0.2) is 11.8 Å². The Morgan fingerprint density at radius 2 is 0.810 bits per heavy atom. The third-order valence-corrected chi connectivity index (χ3v) is 9.76. The van der Waals surface area contributed by atoms with Crippen LogP contribution >= 0.6 is 23.5 Å². The van der Waals surface area contributed by atoms with Gasteiger partial charge in [0.15, 0.2) is 0 Å². The van der Waals surface area contributed by atoms with E-state index in [1.807, 2.05) is 24.3 Å². The second-order valence-electron chi connectivity index (χ2n) is 10.8. The number of carbonyl (C=O) groups is 2. The van der Waals surface area contributed by atoms with E-state index in [0.717, 1.165) is 46.6 Å². The minimum atomic E-state index is -0.449. The highest BCUT2D eigenvalue weighted by Gasteiger charge is 2.46. The molecule has 4 aromatic carbocycles. The summed E-state index contributed by atoms with van der Waals surface area (Å²) in [6, 6.07) is 32.8. The van der Waals surface area contributed by atoms with E-state index < -0.39 is 12.1 Å². The van der Waals surface area contributed by atoms with Crippen LogP contribution < -0.4 is 10.6 Å². The summed E-state index contributed by atoms with van der Waals surface area (Å²) in [4.78, 5) is 30.9. The predicted octanol–water partition coefficient (Wildman–Crippen LogP) is 8.23. The van der Waals surface area contributed by atoms with Gasteiger partial charge in [-0.1, -0.05) is 98.7 Å². The van der Waals surface area contributed by atoms with Gasteiger partial charge >= 0.3 is 0 Å². The van der Waals surface area contributed by atoms with Gasteiger partial charge < -0.3 is 10.6 Å². The first-order chi connectivity index (χ1) is 20.5. The second kappa shape index (κ2) is 12.6. The zero-order chi connectivity index (χ0) is 29.1. The molecule has 42 heavy (non-hydrogen) atoms. The van der Waals surface area contributed by atoms with Crippen LogP contribution in [0.3, 0.4) is 0 Å². The van der Waals surface area contributed by atoms with Crippen molar-refractivity contribution in [1.82, 2.24) is 10.6 Å². The first-order valence-corrected chi connectivity index (χ1v) is 16.2. The van der Waals surface area contributed by atoms with Gasteiger partial charge in [0, 0.05) is 19.6 Å². The van der Waals surface area contributed by atoms with Crippen molar-refractivity contribution in [3.8, 4) is 0 Å². The monoisotopic (exact) mass is 590 g/mol. The summed E-state index contributed by atoms with van der Waals surface area (Å²) < 4.78 is 0. The molecule has 0 aliphatic carbocycles. The van der Waals surface area contributed by atoms with Gasteiger partial charge in [-0.25, -0.2) is 0 Å². The average molecular weight is 591 g/mol. The molecule has 2 N–H and O–H groups in total. The minimum Gasteiger partial charge on any atom is -0.341 e. The highest BCUT2D eigenvalue weighted by Crippen LogP contribution is 2.42. The van der Waals surface area contributed by atoms with E-state index in [9.17, 15) is 9.59 Å². The summed E-state index contributed by atoms with van der Waals surface area (Å²) in [5, 5.41) is 6.12. The molecule has 0 radical (unpaired) electrons. The zero-order valence-corrected chi connectivity index (χ0v) is 25.5. The number of hydrogen-bond acceptors (Lipinski definition) is 4. The molecule has 2 aliphatic rings. The van der Waals surface area contributed by atoms with Crippen molar-refractivity contribution in [2.24, 2.45) is 0 Å². The van der Waals surface area contributed by atoms with Gasteiger partial charge in [0.2, 0.25) is 0 Å². The Kier molecular flexibility index (Phi) is 8.54. The highest BCUT2D eigenvalue weighted by atomic mass is 32.2. The molecule has 2 heterocycles. The minimum absolute atomic E-state index is 0.186. The SMILES string of the molecule is CCCc1ccc(Sc2ccc(C3NC(=O)C4=C3C(=O)NC4c3ccc(Sc4ccc(CCC)cc4)cc3)cc2)cc1. The largest absolute Gasteiger partial charge is 0.341 e. The maximum atomic E-state index is 13.2. The summed E-state index contributed by atoms with van der Waals surface area (Å²) in [5.74, 6) is -0.371. The van der Waals surface area contributed by atoms with Gasteiger partial charge in [0.25, 0.3) is 11.8 Å². The lowest BCUT2D eigenvalue weighted by Crippen LogP contribution is -2.33. The van der Waals surface area contributed by atoms with Crippen LogP contribution in [0.2, 0.25) is 0 Å². The summed E-state index contributed by atoms with van der Waals surface area (Å²) in [6.45, 7) is 4.38. The maximum Gasteiger partial charge on any atom is 0.250 e. The Morgan fingerprint density at radius 3 is 1.12 bits per heavy atom. The molecule has 0 bridgehead atoms. The van der Waals surface area contributed by atoms with Crippen LogP contribution in [0, 0.1) is 0 Å². The molecule has 4 nitrogen and oxygen atoms in total. The summed E-state index contributed by atoms with van der Waals surface area (Å²) in [6.07, 6.45) is 4.47. The fourth-order valence-corrected chi connectivity index (χ4v) is 7.27. The van der Waals surface area contributed by atoms with Gasteiger partial charge in [0.1, 0.15) is 0 Å². The number of amides is 2. The molecule has 2 unspecified atom stereocenters. The van der Waals surface area contributed by atoms with Crippen molar-refractivity contribution < 1.29 is 9.59 Å². The topological polar surface area (TPSA) is 58.2 Å². The maximum absolute atomic E-state index is 13.2. The lowest BCUT2D eigenvalue weighted by atomic mass is 9.95. The van der Waals surface area contributed by atoms with Crippen LogP contribution in [0.5, 0.6) is 0 Å². The number of hydrogen-bond donors (Lipinski definition) is 2. The van der Waals surface area contributed by atoms with E-state index in [1.165, 1.54) is 20.9 Å². The molecule has 2 atom stereocenters. The Bertz CT molecular complexity index is 1490. The van der Waals surface area contributed by atoms with Crippen LogP contribution in [0.4, 0.5) is 0 Å². The molecule has 4 aromatic rings. The summed E-state index contributed by atoms with van der Waals surface area (Å²) >= 11 is 3.41. The number of carbonyl (C=O) groups excluding carboxylic acids is 2. The fourth-order valence-electron chi connectivity index (χ4n) is 5.63. The number of aryl methyl sites for hydroxylation is 2. The van der Waals surface area contributed by atoms with Crippen molar-refractivity contribution >= 4 is 35.3 Å². The molecule has 0 fully saturated rings. The molecular weight excluding hydrogens is 557 g/mol. The number of benzene rings is 4. The standard InChI is InChI=1S/C36H34N2O2S2/c1-3-5-23-7-15-27(16-8-23)41-29-19-11-25(12-20-29)33-31-32(36(40)37-33)34(38-35(31)39)26-13-21-30(22-14-26)42-28-17-9-24(6-4-2)10-18-28/h7-22,33-34H,3-6H2,1-2H3,(H,37,40)(H,38,39). The van der Waals surface area contributed by atoms with Crippen molar-refractivity contribution in [3.63, 3.8) is 0 Å². The van der Waals surface area contributed by atoms with Gasteiger partial charge in [-0.2, -0.15) is 0 Å². The quantitative estimate of drug-likeness (QED) is 0.195. The van der Waals surface area contributed by atoms with E-state index in [-0.39, 0.29) is 11.8 Å². The van der Waals surface area contributed by atoms with Crippen LogP contribution in [0.25, 0.3) is 0 Å². The van der Waals surface area contributed by atoms with E-state index in [1.54, 1.807) is 23.5 Å². The van der Waals surface area contributed by atoms with E-state index in [4.69, 9.17) is 0 Å². The van der Waals surface area contributed by atoms with Gasteiger partial charge in [-0.05, 0) is 83.6 Å². The molecule has 6 heteroatoms. The van der Waals surface area contributed by atoms with Gasteiger partial charge in [-0.15, -0.1) is 0 Å².